The summed E-state index contributed by atoms with van der Waals surface area (Å²) >= 11 is 5.20. The Morgan fingerprint density at radius 2 is 1.85 bits per heavy atom. The monoisotopic (exact) mass is 442 g/mol. The maximum atomic E-state index is 5.70. The Hall–Kier alpha value is -2.31. The first-order chi connectivity index (χ1) is 13.2. The lowest BCUT2D eigenvalue weighted by Crippen LogP contribution is -2.18. The molecule has 1 aliphatic heterocycles. The number of nitrogens with zero attached hydrogens (tertiary/aromatic N) is 2. The Labute approximate surface area is 171 Å². The first-order valence-corrected chi connectivity index (χ1v) is 10.2. The number of hydrogen-bond donors (Lipinski definition) is 0. The maximum absolute atomic E-state index is 5.70. The van der Waals surface area contributed by atoms with Crippen LogP contribution < -0.4 is 14.5 Å². The Balaban J connectivity index is 1.78. The number of methoxy groups -OCH3 is 2. The Bertz CT molecular complexity index is 955. The standard InChI is InChI=1S/C21H19BrN2O2S/c1-25-18-6-3-5-16(21(18)26-2)17-13-24(15-10-8-14(22)9-11-15)23-20(17)19-7-4-12-27-19/h3-12,17H,13H2,1-2H3/t17-/m0/s1. The normalized spacial score (nSPS) is 16.3. The Morgan fingerprint density at radius 1 is 1.04 bits per heavy atom. The fourth-order valence-electron chi connectivity index (χ4n) is 3.35. The molecule has 0 radical (unpaired) electrons. The molecular formula is C21H19BrN2O2S. The zero-order chi connectivity index (χ0) is 18.8. The second-order valence-electron chi connectivity index (χ2n) is 6.16. The third-order valence-corrected chi connectivity index (χ3v) is 6.04. The van der Waals surface area contributed by atoms with Gasteiger partial charge in [-0.05, 0) is 41.8 Å². The van der Waals surface area contributed by atoms with Crippen LogP contribution >= 0.6 is 27.3 Å². The predicted octanol–water partition coefficient (Wildman–Crippen LogP) is 5.54. The van der Waals surface area contributed by atoms with E-state index in [1.807, 2.05) is 24.3 Å². The van der Waals surface area contributed by atoms with Gasteiger partial charge in [-0.25, -0.2) is 0 Å². The Kier molecular flexibility index (Phi) is 5.18. The summed E-state index contributed by atoms with van der Waals surface area (Å²) in [5.41, 5.74) is 3.21. The molecule has 0 aliphatic carbocycles. The molecule has 6 heteroatoms. The molecule has 0 fully saturated rings. The van der Waals surface area contributed by atoms with Crippen LogP contribution in [0.2, 0.25) is 0 Å². The highest BCUT2D eigenvalue weighted by molar-refractivity contribution is 9.10. The number of halogens is 1. The summed E-state index contributed by atoms with van der Waals surface area (Å²) in [5.74, 6) is 1.60. The maximum Gasteiger partial charge on any atom is 0.164 e. The van der Waals surface area contributed by atoms with Gasteiger partial charge in [-0.15, -0.1) is 11.3 Å². The summed E-state index contributed by atoms with van der Waals surface area (Å²) < 4.78 is 12.3. The fourth-order valence-corrected chi connectivity index (χ4v) is 4.38. The number of ether oxygens (including phenoxy) is 2. The van der Waals surface area contributed by atoms with Gasteiger partial charge in [0.1, 0.15) is 0 Å². The van der Waals surface area contributed by atoms with E-state index in [1.165, 1.54) is 4.88 Å². The Morgan fingerprint density at radius 3 is 2.52 bits per heavy atom. The highest BCUT2D eigenvalue weighted by Gasteiger charge is 2.33. The van der Waals surface area contributed by atoms with Gasteiger partial charge in [-0.1, -0.05) is 34.1 Å². The van der Waals surface area contributed by atoms with Crippen LogP contribution in [-0.4, -0.2) is 26.5 Å². The average molecular weight is 443 g/mol. The van der Waals surface area contributed by atoms with Gasteiger partial charge >= 0.3 is 0 Å². The summed E-state index contributed by atoms with van der Waals surface area (Å²) in [5, 5.41) is 9.11. The van der Waals surface area contributed by atoms with Crippen molar-refractivity contribution >= 4 is 38.7 Å². The van der Waals surface area contributed by atoms with E-state index in [4.69, 9.17) is 14.6 Å². The summed E-state index contributed by atoms with van der Waals surface area (Å²) in [7, 11) is 3.35. The molecule has 2 aromatic carbocycles. The summed E-state index contributed by atoms with van der Waals surface area (Å²) in [6.07, 6.45) is 0. The number of hydrogen-bond acceptors (Lipinski definition) is 5. The molecule has 0 spiro atoms. The quantitative estimate of drug-likeness (QED) is 0.520. The van der Waals surface area contributed by atoms with Crippen molar-refractivity contribution in [2.24, 2.45) is 5.10 Å². The molecule has 2 heterocycles. The van der Waals surface area contributed by atoms with Gasteiger partial charge in [-0.3, -0.25) is 5.01 Å². The van der Waals surface area contributed by atoms with E-state index in [-0.39, 0.29) is 5.92 Å². The molecule has 0 saturated heterocycles. The lowest BCUT2D eigenvalue weighted by atomic mass is 9.92. The van der Waals surface area contributed by atoms with Crippen LogP contribution in [0.3, 0.4) is 0 Å². The smallest absolute Gasteiger partial charge is 0.164 e. The van der Waals surface area contributed by atoms with E-state index in [0.29, 0.717) is 0 Å². The molecule has 0 unspecified atom stereocenters. The second-order valence-corrected chi connectivity index (χ2v) is 8.02. The van der Waals surface area contributed by atoms with Crippen LogP contribution in [0.25, 0.3) is 0 Å². The molecule has 4 rings (SSSR count). The second kappa shape index (κ2) is 7.74. The van der Waals surface area contributed by atoms with Gasteiger partial charge in [0.25, 0.3) is 0 Å². The van der Waals surface area contributed by atoms with Crippen LogP contribution in [-0.2, 0) is 0 Å². The molecule has 1 atom stereocenters. The minimum atomic E-state index is 0.0948. The lowest BCUT2D eigenvalue weighted by Gasteiger charge is -2.19. The van der Waals surface area contributed by atoms with Crippen molar-refractivity contribution in [1.29, 1.82) is 0 Å². The summed E-state index contributed by atoms with van der Waals surface area (Å²) in [6.45, 7) is 0.748. The number of benzene rings is 2. The van der Waals surface area contributed by atoms with Crippen molar-refractivity contribution in [3.63, 3.8) is 0 Å². The fraction of sp³-hybridized carbons (Fsp3) is 0.190. The molecule has 1 aromatic heterocycles. The average Bonchev–Trinajstić information content (AvgIpc) is 3.37. The van der Waals surface area contributed by atoms with E-state index >= 15 is 0 Å². The van der Waals surface area contributed by atoms with Gasteiger partial charge in [0.15, 0.2) is 11.5 Å². The van der Waals surface area contributed by atoms with Crippen LogP contribution in [0.1, 0.15) is 16.4 Å². The molecule has 138 valence electrons. The van der Waals surface area contributed by atoms with Crippen molar-refractivity contribution in [1.82, 2.24) is 0 Å². The minimum Gasteiger partial charge on any atom is -0.493 e. The van der Waals surface area contributed by atoms with E-state index in [9.17, 15) is 0 Å². The first-order valence-electron chi connectivity index (χ1n) is 8.57. The van der Waals surface area contributed by atoms with Gasteiger partial charge in [0, 0.05) is 10.0 Å². The van der Waals surface area contributed by atoms with Crippen molar-refractivity contribution in [3.8, 4) is 11.5 Å². The van der Waals surface area contributed by atoms with Crippen LogP contribution in [0.5, 0.6) is 11.5 Å². The van der Waals surface area contributed by atoms with E-state index in [0.717, 1.165) is 39.5 Å². The SMILES string of the molecule is COc1cccc([C@@H]2CN(c3ccc(Br)cc3)N=C2c2cccs2)c1OC. The minimum absolute atomic E-state index is 0.0948. The topological polar surface area (TPSA) is 34.1 Å². The molecule has 0 bridgehead atoms. The molecule has 0 amide bonds. The van der Waals surface area contributed by atoms with Gasteiger partial charge < -0.3 is 9.47 Å². The van der Waals surface area contributed by atoms with Crippen molar-refractivity contribution < 1.29 is 9.47 Å². The molecule has 0 saturated carbocycles. The van der Waals surface area contributed by atoms with Crippen molar-refractivity contribution in [3.05, 3.63) is 74.9 Å². The van der Waals surface area contributed by atoms with Gasteiger partial charge in [0.05, 0.1) is 43.0 Å². The molecule has 3 aromatic rings. The van der Waals surface area contributed by atoms with Crippen LogP contribution in [0, 0.1) is 0 Å². The first kappa shape index (κ1) is 18.1. The number of hydrazone groups is 1. The zero-order valence-corrected chi connectivity index (χ0v) is 17.5. The van der Waals surface area contributed by atoms with Gasteiger partial charge in [0.2, 0.25) is 0 Å². The van der Waals surface area contributed by atoms with Crippen molar-refractivity contribution in [2.75, 3.05) is 25.8 Å². The number of para-hydroxylation sites is 1. The molecule has 1 aliphatic rings. The lowest BCUT2D eigenvalue weighted by molar-refractivity contribution is 0.351. The molecule has 4 nitrogen and oxygen atoms in total. The number of anilines is 1. The largest absolute Gasteiger partial charge is 0.493 e. The molecule has 27 heavy (non-hydrogen) atoms. The van der Waals surface area contributed by atoms with Crippen molar-refractivity contribution in [2.45, 2.75) is 5.92 Å². The number of rotatable bonds is 5. The van der Waals surface area contributed by atoms with E-state index in [2.05, 4.69) is 56.7 Å². The summed E-state index contributed by atoms with van der Waals surface area (Å²) in [6, 6.07) is 18.4. The highest BCUT2D eigenvalue weighted by atomic mass is 79.9. The highest BCUT2D eigenvalue weighted by Crippen LogP contribution is 2.41. The third-order valence-electron chi connectivity index (χ3n) is 4.62. The molecule has 0 N–H and O–H groups in total. The predicted molar refractivity (Wildman–Crippen MR) is 115 cm³/mol. The van der Waals surface area contributed by atoms with Crippen LogP contribution in [0.15, 0.2) is 69.6 Å². The van der Waals surface area contributed by atoms with E-state index in [1.54, 1.807) is 25.6 Å². The summed E-state index contributed by atoms with van der Waals surface area (Å²) in [4.78, 5) is 1.17. The zero-order valence-electron chi connectivity index (χ0n) is 15.1. The third kappa shape index (κ3) is 3.47. The van der Waals surface area contributed by atoms with Gasteiger partial charge in [-0.2, -0.15) is 5.10 Å². The van der Waals surface area contributed by atoms with E-state index < -0.39 is 0 Å². The number of thiophene rings is 1. The van der Waals surface area contributed by atoms with Crippen LogP contribution in [0.4, 0.5) is 5.69 Å². The molecular weight excluding hydrogens is 424 g/mol.